The molecule has 1 aromatic heterocycles. The summed E-state index contributed by atoms with van der Waals surface area (Å²) in [4.78, 5) is 15.9. The Morgan fingerprint density at radius 1 is 1.29 bits per heavy atom. The van der Waals surface area contributed by atoms with E-state index in [2.05, 4.69) is 10.3 Å². The summed E-state index contributed by atoms with van der Waals surface area (Å²) in [6.45, 7) is 0.324. The molecule has 110 valence electrons. The Morgan fingerprint density at radius 2 is 2.10 bits per heavy atom. The first kappa shape index (κ1) is 15.1. The molecule has 2 aromatic rings. The van der Waals surface area contributed by atoms with Crippen LogP contribution in [0, 0.1) is 0 Å². The Balaban J connectivity index is 2.10. The zero-order chi connectivity index (χ0) is 15.2. The SMILES string of the molecule is COc1ccc(CNC(=O)c2ccncc2Cl)c(OC)c1. The van der Waals surface area contributed by atoms with Crippen LogP contribution < -0.4 is 14.8 Å². The molecule has 0 atom stereocenters. The van der Waals surface area contributed by atoms with E-state index in [9.17, 15) is 4.79 Å². The number of rotatable bonds is 5. The largest absolute Gasteiger partial charge is 0.497 e. The van der Waals surface area contributed by atoms with Crippen LogP contribution in [0.2, 0.25) is 5.02 Å². The third-order valence-corrected chi connectivity index (χ3v) is 3.25. The van der Waals surface area contributed by atoms with Crippen molar-refractivity contribution in [2.24, 2.45) is 0 Å². The fraction of sp³-hybridized carbons (Fsp3) is 0.200. The molecule has 0 radical (unpaired) electrons. The first-order valence-electron chi connectivity index (χ1n) is 6.24. The summed E-state index contributed by atoms with van der Waals surface area (Å²) in [6.07, 6.45) is 2.96. The second-order valence-electron chi connectivity index (χ2n) is 4.22. The molecule has 0 saturated heterocycles. The molecule has 1 amide bonds. The van der Waals surface area contributed by atoms with Crippen LogP contribution in [-0.2, 0) is 6.54 Å². The fourth-order valence-electron chi connectivity index (χ4n) is 1.83. The number of benzene rings is 1. The van der Waals surface area contributed by atoms with Crippen molar-refractivity contribution >= 4 is 17.5 Å². The van der Waals surface area contributed by atoms with E-state index in [0.717, 1.165) is 5.56 Å². The van der Waals surface area contributed by atoms with Gasteiger partial charge in [0.2, 0.25) is 0 Å². The van der Waals surface area contributed by atoms with Crippen molar-refractivity contribution in [1.82, 2.24) is 10.3 Å². The van der Waals surface area contributed by atoms with Crippen molar-refractivity contribution in [3.8, 4) is 11.5 Å². The maximum Gasteiger partial charge on any atom is 0.253 e. The molecular formula is C15H15ClN2O3. The molecule has 21 heavy (non-hydrogen) atoms. The van der Waals surface area contributed by atoms with Gasteiger partial charge < -0.3 is 14.8 Å². The summed E-state index contributed by atoms with van der Waals surface area (Å²) in [5.41, 5.74) is 1.23. The van der Waals surface area contributed by atoms with Gasteiger partial charge in [-0.1, -0.05) is 11.6 Å². The van der Waals surface area contributed by atoms with Gasteiger partial charge in [0.25, 0.3) is 5.91 Å². The number of hydrogen-bond donors (Lipinski definition) is 1. The van der Waals surface area contributed by atoms with Gasteiger partial charge in [-0.05, 0) is 18.2 Å². The predicted octanol–water partition coefficient (Wildman–Crippen LogP) is 2.68. The van der Waals surface area contributed by atoms with Crippen molar-refractivity contribution in [1.29, 1.82) is 0 Å². The number of carbonyl (C=O) groups excluding carboxylic acids is 1. The van der Waals surface area contributed by atoms with Crippen LogP contribution in [0.25, 0.3) is 0 Å². The standard InChI is InChI=1S/C15H15ClN2O3/c1-20-11-4-3-10(14(7-11)21-2)8-18-15(19)12-5-6-17-9-13(12)16/h3-7,9H,8H2,1-2H3,(H,18,19). The summed E-state index contributed by atoms with van der Waals surface area (Å²) in [7, 11) is 3.15. The van der Waals surface area contributed by atoms with Crippen molar-refractivity contribution in [3.63, 3.8) is 0 Å². The Bertz CT molecular complexity index is 647. The van der Waals surface area contributed by atoms with Crippen LogP contribution >= 0.6 is 11.6 Å². The molecule has 0 spiro atoms. The molecule has 0 unspecified atom stereocenters. The maximum absolute atomic E-state index is 12.1. The van der Waals surface area contributed by atoms with E-state index in [0.29, 0.717) is 28.6 Å². The number of pyridine rings is 1. The minimum atomic E-state index is -0.264. The normalized spacial score (nSPS) is 10.0. The second kappa shape index (κ2) is 6.95. The molecule has 0 saturated carbocycles. The minimum absolute atomic E-state index is 0.264. The Hall–Kier alpha value is -2.27. The summed E-state index contributed by atoms with van der Waals surface area (Å²) in [5, 5.41) is 3.11. The number of methoxy groups -OCH3 is 2. The average Bonchev–Trinajstić information content (AvgIpc) is 2.52. The van der Waals surface area contributed by atoms with Gasteiger partial charge in [0.15, 0.2) is 0 Å². The van der Waals surface area contributed by atoms with Crippen LogP contribution in [-0.4, -0.2) is 25.1 Å². The monoisotopic (exact) mass is 306 g/mol. The molecule has 0 aliphatic heterocycles. The summed E-state index contributed by atoms with van der Waals surface area (Å²) >= 11 is 5.93. The first-order valence-corrected chi connectivity index (χ1v) is 6.62. The highest BCUT2D eigenvalue weighted by Crippen LogP contribution is 2.24. The van der Waals surface area contributed by atoms with Crippen LogP contribution in [0.5, 0.6) is 11.5 Å². The van der Waals surface area contributed by atoms with E-state index < -0.39 is 0 Å². The van der Waals surface area contributed by atoms with Gasteiger partial charge in [-0.15, -0.1) is 0 Å². The summed E-state index contributed by atoms with van der Waals surface area (Å²) in [5.74, 6) is 1.08. The highest BCUT2D eigenvalue weighted by molar-refractivity contribution is 6.33. The summed E-state index contributed by atoms with van der Waals surface area (Å²) < 4.78 is 10.4. The molecule has 0 aliphatic rings. The molecule has 5 nitrogen and oxygen atoms in total. The van der Waals surface area contributed by atoms with E-state index in [1.54, 1.807) is 26.4 Å². The number of carbonyl (C=O) groups is 1. The van der Waals surface area contributed by atoms with Gasteiger partial charge in [0, 0.05) is 30.6 Å². The minimum Gasteiger partial charge on any atom is -0.497 e. The summed E-state index contributed by atoms with van der Waals surface area (Å²) in [6, 6.07) is 6.99. The topological polar surface area (TPSA) is 60.5 Å². The van der Waals surface area contributed by atoms with E-state index in [1.807, 2.05) is 12.1 Å². The van der Waals surface area contributed by atoms with Crippen LogP contribution in [0.15, 0.2) is 36.7 Å². The molecule has 1 N–H and O–H groups in total. The van der Waals surface area contributed by atoms with Crippen LogP contribution in [0.1, 0.15) is 15.9 Å². The van der Waals surface area contributed by atoms with Crippen LogP contribution in [0.4, 0.5) is 0 Å². The zero-order valence-electron chi connectivity index (χ0n) is 11.7. The quantitative estimate of drug-likeness (QED) is 0.922. The third-order valence-electron chi connectivity index (χ3n) is 2.95. The number of halogens is 1. The van der Waals surface area contributed by atoms with E-state index in [4.69, 9.17) is 21.1 Å². The van der Waals surface area contributed by atoms with E-state index in [-0.39, 0.29) is 5.91 Å². The Kier molecular flexibility index (Phi) is 5.00. The van der Waals surface area contributed by atoms with Crippen molar-refractivity contribution in [2.75, 3.05) is 14.2 Å². The lowest BCUT2D eigenvalue weighted by Crippen LogP contribution is -2.23. The molecule has 6 heteroatoms. The van der Waals surface area contributed by atoms with Gasteiger partial charge in [0.1, 0.15) is 11.5 Å². The number of ether oxygens (including phenoxy) is 2. The van der Waals surface area contributed by atoms with Gasteiger partial charge in [-0.3, -0.25) is 9.78 Å². The van der Waals surface area contributed by atoms with Crippen LogP contribution in [0.3, 0.4) is 0 Å². The van der Waals surface area contributed by atoms with Gasteiger partial charge in [-0.2, -0.15) is 0 Å². The first-order chi connectivity index (χ1) is 10.2. The highest BCUT2D eigenvalue weighted by atomic mass is 35.5. The second-order valence-corrected chi connectivity index (χ2v) is 4.62. The molecule has 0 bridgehead atoms. The predicted molar refractivity (Wildman–Crippen MR) is 80.0 cm³/mol. The highest BCUT2D eigenvalue weighted by Gasteiger charge is 2.11. The molecule has 2 rings (SSSR count). The van der Waals surface area contributed by atoms with E-state index in [1.165, 1.54) is 12.4 Å². The van der Waals surface area contributed by atoms with Crippen molar-refractivity contribution in [3.05, 3.63) is 52.8 Å². The van der Waals surface area contributed by atoms with Gasteiger partial charge >= 0.3 is 0 Å². The number of nitrogens with zero attached hydrogens (tertiary/aromatic N) is 1. The van der Waals surface area contributed by atoms with E-state index >= 15 is 0 Å². The molecular weight excluding hydrogens is 292 g/mol. The van der Waals surface area contributed by atoms with Gasteiger partial charge in [0.05, 0.1) is 24.8 Å². The van der Waals surface area contributed by atoms with Crippen molar-refractivity contribution < 1.29 is 14.3 Å². The lowest BCUT2D eigenvalue weighted by molar-refractivity contribution is 0.0950. The number of hydrogen-bond acceptors (Lipinski definition) is 4. The van der Waals surface area contributed by atoms with Gasteiger partial charge in [-0.25, -0.2) is 0 Å². The fourth-order valence-corrected chi connectivity index (χ4v) is 2.03. The molecule has 1 heterocycles. The molecule has 0 fully saturated rings. The maximum atomic E-state index is 12.1. The molecule has 0 aliphatic carbocycles. The number of amides is 1. The third kappa shape index (κ3) is 3.64. The average molecular weight is 307 g/mol. The Labute approximate surface area is 127 Å². The number of aromatic nitrogens is 1. The van der Waals surface area contributed by atoms with Crippen molar-refractivity contribution in [2.45, 2.75) is 6.54 Å². The lowest BCUT2D eigenvalue weighted by Gasteiger charge is -2.11. The number of nitrogens with one attached hydrogen (secondary N) is 1. The lowest BCUT2D eigenvalue weighted by atomic mass is 10.1. The Morgan fingerprint density at radius 3 is 2.76 bits per heavy atom. The zero-order valence-corrected chi connectivity index (χ0v) is 12.5. The smallest absolute Gasteiger partial charge is 0.253 e. The molecule has 1 aromatic carbocycles.